The van der Waals surface area contributed by atoms with Crippen molar-refractivity contribution in [2.45, 2.75) is 0 Å². The Hall–Kier alpha value is 1.32. The third kappa shape index (κ3) is 10.2. The van der Waals surface area contributed by atoms with Crippen molar-refractivity contribution in [3.8, 4) is 0 Å². The van der Waals surface area contributed by atoms with E-state index in [-0.39, 0.29) is 54.2 Å². The average molecular weight is 237 g/mol. The summed E-state index contributed by atoms with van der Waals surface area (Å²) in [6.45, 7) is 0. The molecular formula is AlHfO2. The van der Waals surface area contributed by atoms with Gasteiger partial charge in [-0.3, -0.25) is 0 Å². The maximum Gasteiger partial charge on any atom is 4.00 e. The first-order valence-corrected chi connectivity index (χ1v) is 0. The van der Waals surface area contributed by atoms with E-state index in [9.17, 15) is 0 Å². The van der Waals surface area contributed by atoms with Gasteiger partial charge in [0.15, 0.2) is 0 Å². The number of hydrogen-bond donors (Lipinski definition) is 0. The standard InChI is InChI=1S/Al.Hf.2O/q;+4;2*-2. The molecule has 0 aliphatic rings. The molecule has 0 rings (SSSR count). The van der Waals surface area contributed by atoms with Gasteiger partial charge in [0, 0.05) is 17.4 Å². The monoisotopic (exact) mass is 239 g/mol. The molecule has 0 unspecified atom stereocenters. The van der Waals surface area contributed by atoms with Crippen molar-refractivity contribution in [3.05, 3.63) is 0 Å². The van der Waals surface area contributed by atoms with Gasteiger partial charge in [-0.2, -0.15) is 0 Å². The molecule has 0 fully saturated rings. The van der Waals surface area contributed by atoms with Crippen LogP contribution in [0.1, 0.15) is 0 Å². The Morgan fingerprint density at radius 3 is 0.750 bits per heavy atom. The Bertz CT molecular complexity index is 6.00. The molecule has 0 aromatic rings. The fourth-order valence-electron chi connectivity index (χ4n) is 0. The molecule has 0 N–H and O–H groups in total. The summed E-state index contributed by atoms with van der Waals surface area (Å²) in [5.41, 5.74) is 0. The van der Waals surface area contributed by atoms with Crippen molar-refractivity contribution in [2.75, 3.05) is 0 Å². The maximum absolute atomic E-state index is 0. The van der Waals surface area contributed by atoms with Gasteiger partial charge in [0.1, 0.15) is 0 Å². The minimum absolute atomic E-state index is 0. The van der Waals surface area contributed by atoms with E-state index in [1.165, 1.54) is 0 Å². The first-order valence-electron chi connectivity index (χ1n) is 0. The average Bonchev–Trinajstić information content (AvgIpc) is 0. The van der Waals surface area contributed by atoms with E-state index in [2.05, 4.69) is 0 Å². The zero-order chi connectivity index (χ0) is 0. The van der Waals surface area contributed by atoms with Crippen molar-refractivity contribution in [3.63, 3.8) is 0 Å². The predicted octanol–water partition coefficient (Wildman–Crippen LogP) is -0.621. The van der Waals surface area contributed by atoms with Crippen molar-refractivity contribution in [1.29, 1.82) is 0 Å². The summed E-state index contributed by atoms with van der Waals surface area (Å²) in [6, 6.07) is 0. The van der Waals surface area contributed by atoms with Crippen LogP contribution < -0.4 is 0 Å². The van der Waals surface area contributed by atoms with Gasteiger partial charge >= 0.3 is 25.8 Å². The second kappa shape index (κ2) is 27.3. The Labute approximate surface area is 54.1 Å². The van der Waals surface area contributed by atoms with Gasteiger partial charge in [0.05, 0.1) is 0 Å². The molecule has 0 aromatic heterocycles. The molecule has 19 valence electrons. The minimum Gasteiger partial charge on any atom is -2.00 e. The van der Waals surface area contributed by atoms with Crippen LogP contribution in [0, 0.1) is 0 Å². The summed E-state index contributed by atoms with van der Waals surface area (Å²) in [4.78, 5) is 0. The van der Waals surface area contributed by atoms with Gasteiger partial charge in [-0.05, 0) is 0 Å². The van der Waals surface area contributed by atoms with Crippen LogP contribution in [-0.2, 0) is 36.8 Å². The minimum atomic E-state index is 0. The van der Waals surface area contributed by atoms with E-state index in [4.69, 9.17) is 0 Å². The predicted molar refractivity (Wildman–Crippen MR) is 7.13 cm³/mol. The molecule has 0 atom stereocenters. The van der Waals surface area contributed by atoms with Crippen LogP contribution in [0.25, 0.3) is 0 Å². The fraction of sp³-hybridized carbons (Fsp3) is 0. The third-order valence-corrected chi connectivity index (χ3v) is 0. The van der Waals surface area contributed by atoms with Gasteiger partial charge in [0.2, 0.25) is 0 Å². The maximum atomic E-state index is 0. The quantitative estimate of drug-likeness (QED) is 0.504. The topological polar surface area (TPSA) is 57.0 Å². The van der Waals surface area contributed by atoms with Gasteiger partial charge in [-0.25, -0.2) is 0 Å². The summed E-state index contributed by atoms with van der Waals surface area (Å²) in [5.74, 6) is 0. The third-order valence-electron chi connectivity index (χ3n) is 0. The first kappa shape index (κ1) is 56.9. The Balaban J connectivity index is 0. The van der Waals surface area contributed by atoms with E-state index >= 15 is 0 Å². The largest absolute Gasteiger partial charge is 4.00 e. The van der Waals surface area contributed by atoms with E-state index in [0.29, 0.717) is 0 Å². The van der Waals surface area contributed by atoms with Crippen molar-refractivity contribution >= 4 is 17.4 Å². The van der Waals surface area contributed by atoms with E-state index in [1.807, 2.05) is 0 Å². The van der Waals surface area contributed by atoms with Crippen LogP contribution >= 0.6 is 0 Å². The van der Waals surface area contributed by atoms with E-state index < -0.39 is 0 Å². The summed E-state index contributed by atoms with van der Waals surface area (Å²) in [5, 5.41) is 0. The van der Waals surface area contributed by atoms with E-state index in [0.717, 1.165) is 0 Å². The molecule has 4 heteroatoms. The van der Waals surface area contributed by atoms with Gasteiger partial charge in [-0.1, -0.05) is 0 Å². The fourth-order valence-corrected chi connectivity index (χ4v) is 0. The molecule has 0 aliphatic heterocycles. The van der Waals surface area contributed by atoms with Crippen LogP contribution in [0.2, 0.25) is 0 Å². The molecule has 0 aromatic carbocycles. The molecule has 2 nitrogen and oxygen atoms in total. The summed E-state index contributed by atoms with van der Waals surface area (Å²) in [6.07, 6.45) is 0. The SMILES string of the molecule is [Al].[Hf+4].[O-2].[O-2]. The second-order valence-corrected chi connectivity index (χ2v) is 0. The zero-order valence-electron chi connectivity index (χ0n) is 1.89. The summed E-state index contributed by atoms with van der Waals surface area (Å²) < 4.78 is 0. The molecule has 0 heterocycles. The molecule has 0 spiro atoms. The van der Waals surface area contributed by atoms with Crippen LogP contribution in [0.15, 0.2) is 0 Å². The molecule has 3 radical (unpaired) electrons. The number of rotatable bonds is 0. The van der Waals surface area contributed by atoms with Gasteiger partial charge in [0.25, 0.3) is 0 Å². The normalized spacial score (nSPS) is 0. The van der Waals surface area contributed by atoms with Gasteiger partial charge < -0.3 is 11.0 Å². The molecular weight excluding hydrogens is 237 g/mol. The summed E-state index contributed by atoms with van der Waals surface area (Å²) in [7, 11) is 0. The smallest absolute Gasteiger partial charge is 2.00 e. The van der Waals surface area contributed by atoms with Crippen molar-refractivity contribution in [1.82, 2.24) is 0 Å². The summed E-state index contributed by atoms with van der Waals surface area (Å²) >= 11 is 0. The Kier molecular flexibility index (Phi) is 388. The molecule has 0 amide bonds. The van der Waals surface area contributed by atoms with E-state index in [1.54, 1.807) is 0 Å². The molecule has 0 aliphatic carbocycles. The van der Waals surface area contributed by atoms with Crippen LogP contribution in [0.4, 0.5) is 0 Å². The van der Waals surface area contributed by atoms with Crippen LogP contribution in [0.5, 0.6) is 0 Å². The van der Waals surface area contributed by atoms with Crippen molar-refractivity contribution in [2.24, 2.45) is 0 Å². The Morgan fingerprint density at radius 1 is 0.750 bits per heavy atom. The number of hydrogen-bond acceptors (Lipinski definition) is 0. The molecule has 4 heavy (non-hydrogen) atoms. The van der Waals surface area contributed by atoms with Crippen LogP contribution in [0.3, 0.4) is 0 Å². The Morgan fingerprint density at radius 2 is 0.750 bits per heavy atom. The second-order valence-electron chi connectivity index (χ2n) is 0. The molecule has 0 saturated heterocycles. The first-order chi connectivity index (χ1) is 0. The molecule has 0 bridgehead atoms. The zero-order valence-corrected chi connectivity index (χ0v) is 6.64. The van der Waals surface area contributed by atoms with Crippen molar-refractivity contribution < 1.29 is 36.8 Å². The molecule has 0 saturated carbocycles. The van der Waals surface area contributed by atoms with Gasteiger partial charge in [-0.15, -0.1) is 0 Å². The van der Waals surface area contributed by atoms with Crippen LogP contribution in [-0.4, -0.2) is 17.4 Å².